The predicted octanol–water partition coefficient (Wildman–Crippen LogP) is 2.23. The lowest BCUT2D eigenvalue weighted by atomic mass is 10.1. The number of carbonyl (C=O) groups is 1. The summed E-state index contributed by atoms with van der Waals surface area (Å²) in [4.78, 5) is 12.1. The van der Waals surface area contributed by atoms with E-state index in [0.717, 1.165) is 0 Å². The highest BCUT2D eigenvalue weighted by molar-refractivity contribution is 6.02. The minimum Gasteiger partial charge on any atom is -0.318 e. The van der Waals surface area contributed by atoms with Crippen LogP contribution in [0.3, 0.4) is 0 Å². The van der Waals surface area contributed by atoms with Gasteiger partial charge in [0, 0.05) is 19.4 Å². The molecule has 2 heterocycles. The fourth-order valence-electron chi connectivity index (χ4n) is 2.30. The van der Waals surface area contributed by atoms with E-state index in [9.17, 15) is 4.79 Å². The average molecular weight is 295 g/mol. The third kappa shape index (κ3) is 3.06. The second-order valence-corrected chi connectivity index (χ2v) is 5.21. The Labute approximate surface area is 128 Å². The van der Waals surface area contributed by atoms with Crippen LogP contribution in [0.1, 0.15) is 21.6 Å². The summed E-state index contributed by atoms with van der Waals surface area (Å²) in [7, 11) is 1.73. The number of hydrogen-bond acceptors (Lipinski definition) is 3. The van der Waals surface area contributed by atoms with Crippen LogP contribution in [0, 0.1) is 6.92 Å². The fraction of sp³-hybridized carbons (Fsp3) is 0.188. The normalized spacial score (nSPS) is 10.6. The predicted molar refractivity (Wildman–Crippen MR) is 83.7 cm³/mol. The van der Waals surface area contributed by atoms with E-state index in [4.69, 9.17) is 0 Å². The molecule has 1 amide bonds. The lowest BCUT2D eigenvalue weighted by Gasteiger charge is -2.03. The number of nitrogens with zero attached hydrogens (tertiary/aromatic N) is 4. The quantitative estimate of drug-likeness (QED) is 0.802. The van der Waals surface area contributed by atoms with Gasteiger partial charge in [0.05, 0.1) is 18.4 Å². The Morgan fingerprint density at radius 1 is 1.27 bits per heavy atom. The van der Waals surface area contributed by atoms with Gasteiger partial charge in [-0.3, -0.25) is 14.2 Å². The summed E-state index contributed by atoms with van der Waals surface area (Å²) < 4.78 is 3.33. The monoisotopic (exact) mass is 295 g/mol. The maximum absolute atomic E-state index is 12.1. The molecule has 2 aromatic heterocycles. The first-order valence-corrected chi connectivity index (χ1v) is 6.99. The molecule has 1 N–H and O–H groups in total. The van der Waals surface area contributed by atoms with E-state index >= 15 is 0 Å². The molecule has 0 saturated carbocycles. The Hall–Kier alpha value is -2.89. The minimum absolute atomic E-state index is 0.199. The van der Waals surface area contributed by atoms with Crippen molar-refractivity contribution in [2.45, 2.75) is 13.5 Å². The maximum Gasteiger partial charge on any atom is 0.274 e. The molecule has 6 heteroatoms. The van der Waals surface area contributed by atoms with Crippen LogP contribution >= 0.6 is 0 Å². The van der Waals surface area contributed by atoms with Crippen molar-refractivity contribution in [3.05, 3.63) is 65.7 Å². The van der Waals surface area contributed by atoms with Crippen LogP contribution in [0.25, 0.3) is 0 Å². The van der Waals surface area contributed by atoms with Gasteiger partial charge in [0.1, 0.15) is 5.69 Å². The van der Waals surface area contributed by atoms with E-state index in [1.807, 2.05) is 12.3 Å². The molecule has 0 atom stereocenters. The molecule has 22 heavy (non-hydrogen) atoms. The van der Waals surface area contributed by atoms with Gasteiger partial charge in [-0.15, -0.1) is 0 Å². The number of aryl methyl sites for hydroxylation is 2. The molecule has 0 radical (unpaired) electrons. The highest BCUT2D eigenvalue weighted by Gasteiger charge is 2.11. The second-order valence-electron chi connectivity index (χ2n) is 5.21. The molecule has 0 saturated heterocycles. The molecule has 0 bridgehead atoms. The topological polar surface area (TPSA) is 64.7 Å². The van der Waals surface area contributed by atoms with E-state index < -0.39 is 0 Å². The molecule has 0 unspecified atom stereocenters. The van der Waals surface area contributed by atoms with Crippen molar-refractivity contribution in [2.75, 3.05) is 5.32 Å². The van der Waals surface area contributed by atoms with Crippen LogP contribution in [0.5, 0.6) is 0 Å². The third-order valence-corrected chi connectivity index (χ3v) is 3.37. The summed E-state index contributed by atoms with van der Waals surface area (Å²) in [6.07, 6.45) is 5.05. The summed E-state index contributed by atoms with van der Waals surface area (Å²) in [5.41, 5.74) is 3.56. The van der Waals surface area contributed by atoms with Gasteiger partial charge in [-0.1, -0.05) is 29.8 Å². The lowest BCUT2D eigenvalue weighted by molar-refractivity contribution is 0.101. The number of anilines is 1. The Morgan fingerprint density at radius 3 is 2.86 bits per heavy atom. The lowest BCUT2D eigenvalue weighted by Crippen LogP contribution is -2.15. The van der Waals surface area contributed by atoms with Crippen molar-refractivity contribution in [3.63, 3.8) is 0 Å². The SMILES string of the molecule is Cc1cccc(Cn2cc(NC(=O)c3ccnn3C)cn2)c1. The molecule has 3 aromatic rings. The zero-order valence-corrected chi connectivity index (χ0v) is 12.5. The first-order chi connectivity index (χ1) is 10.6. The van der Waals surface area contributed by atoms with Gasteiger partial charge in [0.15, 0.2) is 0 Å². The first kappa shape index (κ1) is 14.1. The minimum atomic E-state index is -0.199. The molecule has 0 aliphatic heterocycles. The van der Waals surface area contributed by atoms with Crippen molar-refractivity contribution < 1.29 is 4.79 Å². The zero-order chi connectivity index (χ0) is 15.5. The van der Waals surface area contributed by atoms with E-state index in [1.54, 1.807) is 30.2 Å². The smallest absolute Gasteiger partial charge is 0.274 e. The van der Waals surface area contributed by atoms with Crippen LogP contribution < -0.4 is 5.32 Å². The largest absolute Gasteiger partial charge is 0.318 e. The van der Waals surface area contributed by atoms with Gasteiger partial charge < -0.3 is 5.32 Å². The molecule has 0 fully saturated rings. The van der Waals surface area contributed by atoms with E-state index in [-0.39, 0.29) is 5.91 Å². The van der Waals surface area contributed by atoms with Gasteiger partial charge in [-0.05, 0) is 18.6 Å². The summed E-state index contributed by atoms with van der Waals surface area (Å²) in [6, 6.07) is 9.94. The van der Waals surface area contributed by atoms with Gasteiger partial charge in [-0.25, -0.2) is 0 Å². The summed E-state index contributed by atoms with van der Waals surface area (Å²) in [5.74, 6) is -0.199. The third-order valence-electron chi connectivity index (χ3n) is 3.37. The van der Waals surface area contributed by atoms with Crippen molar-refractivity contribution in [1.82, 2.24) is 19.6 Å². The molecular formula is C16H17N5O. The summed E-state index contributed by atoms with van der Waals surface area (Å²) in [5, 5.41) is 11.1. The average Bonchev–Trinajstić information content (AvgIpc) is 3.08. The standard InChI is InChI=1S/C16H17N5O/c1-12-4-3-5-13(8-12)10-21-11-14(9-18-21)19-16(22)15-6-7-17-20(15)2/h3-9,11H,10H2,1-2H3,(H,19,22). The first-order valence-electron chi connectivity index (χ1n) is 6.99. The van der Waals surface area contributed by atoms with E-state index in [0.29, 0.717) is 17.9 Å². The molecule has 0 aliphatic carbocycles. The van der Waals surface area contributed by atoms with Crippen LogP contribution in [0.4, 0.5) is 5.69 Å². The molecule has 0 spiro atoms. The van der Waals surface area contributed by atoms with Gasteiger partial charge >= 0.3 is 0 Å². The van der Waals surface area contributed by atoms with Crippen molar-refractivity contribution >= 4 is 11.6 Å². The van der Waals surface area contributed by atoms with E-state index in [1.165, 1.54) is 15.8 Å². The number of benzene rings is 1. The van der Waals surface area contributed by atoms with Crippen LogP contribution in [0.15, 0.2) is 48.9 Å². The highest BCUT2D eigenvalue weighted by Crippen LogP contribution is 2.11. The zero-order valence-electron chi connectivity index (χ0n) is 12.5. The summed E-state index contributed by atoms with van der Waals surface area (Å²) >= 11 is 0. The highest BCUT2D eigenvalue weighted by atomic mass is 16.2. The number of carbonyl (C=O) groups excluding carboxylic acids is 1. The molecule has 3 rings (SSSR count). The maximum atomic E-state index is 12.1. The number of aromatic nitrogens is 4. The Kier molecular flexibility index (Phi) is 3.74. The Morgan fingerprint density at radius 2 is 2.14 bits per heavy atom. The molecule has 1 aromatic carbocycles. The van der Waals surface area contributed by atoms with E-state index in [2.05, 4.69) is 40.6 Å². The second kappa shape index (κ2) is 5.85. The van der Waals surface area contributed by atoms with Crippen LogP contribution in [-0.4, -0.2) is 25.5 Å². The molecule has 6 nitrogen and oxygen atoms in total. The number of amides is 1. The van der Waals surface area contributed by atoms with Crippen LogP contribution in [0.2, 0.25) is 0 Å². The van der Waals surface area contributed by atoms with Gasteiger partial charge in [-0.2, -0.15) is 10.2 Å². The Balaban J connectivity index is 1.69. The van der Waals surface area contributed by atoms with Crippen molar-refractivity contribution in [3.8, 4) is 0 Å². The van der Waals surface area contributed by atoms with Crippen molar-refractivity contribution in [2.24, 2.45) is 7.05 Å². The van der Waals surface area contributed by atoms with Gasteiger partial charge in [0.25, 0.3) is 5.91 Å². The molecule has 112 valence electrons. The fourth-order valence-corrected chi connectivity index (χ4v) is 2.30. The van der Waals surface area contributed by atoms with Crippen molar-refractivity contribution in [1.29, 1.82) is 0 Å². The number of hydrogen-bond donors (Lipinski definition) is 1. The Bertz CT molecular complexity index is 802. The van der Waals surface area contributed by atoms with Gasteiger partial charge in [0.2, 0.25) is 0 Å². The number of rotatable bonds is 4. The number of nitrogens with one attached hydrogen (secondary N) is 1. The van der Waals surface area contributed by atoms with Crippen LogP contribution in [-0.2, 0) is 13.6 Å². The summed E-state index contributed by atoms with van der Waals surface area (Å²) in [6.45, 7) is 2.73. The molecular weight excluding hydrogens is 278 g/mol. The molecule has 0 aliphatic rings.